The van der Waals surface area contributed by atoms with E-state index in [2.05, 4.69) is 17.2 Å². The highest BCUT2D eigenvalue weighted by molar-refractivity contribution is 6.32. The minimum absolute atomic E-state index is 0.423. The molecule has 1 N–H and O–H groups in total. The second-order valence-corrected chi connectivity index (χ2v) is 5.79. The number of ether oxygens (including phenoxy) is 1. The summed E-state index contributed by atoms with van der Waals surface area (Å²) in [5, 5.41) is 3.34. The summed E-state index contributed by atoms with van der Waals surface area (Å²) in [6.07, 6.45) is 0.122. The van der Waals surface area contributed by atoms with Crippen molar-refractivity contribution in [2.75, 3.05) is 6.54 Å². The Morgan fingerprint density at radius 1 is 1.40 bits per heavy atom. The van der Waals surface area contributed by atoms with E-state index in [1.165, 1.54) is 0 Å². The van der Waals surface area contributed by atoms with Crippen LogP contribution in [0.2, 0.25) is 5.02 Å². The molecule has 0 heterocycles. The molecule has 1 aromatic carbocycles. The van der Waals surface area contributed by atoms with Gasteiger partial charge in [-0.2, -0.15) is 0 Å². The molecule has 0 radical (unpaired) electrons. The Morgan fingerprint density at radius 3 is 2.75 bits per heavy atom. The van der Waals surface area contributed by atoms with Gasteiger partial charge in [0.1, 0.15) is 5.60 Å². The molecule has 0 aliphatic rings. The molecule has 20 heavy (non-hydrogen) atoms. The molecule has 1 rings (SSSR count). The van der Waals surface area contributed by atoms with E-state index in [1.807, 2.05) is 45.9 Å². The molecule has 0 bridgehead atoms. The molecular formula is C16H20ClNO2. The number of carbonyl (C=O) groups is 1. The van der Waals surface area contributed by atoms with Crippen LogP contribution in [-0.4, -0.2) is 18.2 Å². The molecule has 4 heteroatoms. The molecular weight excluding hydrogens is 274 g/mol. The van der Waals surface area contributed by atoms with Gasteiger partial charge in [0.2, 0.25) is 0 Å². The molecule has 3 nitrogen and oxygen atoms in total. The van der Waals surface area contributed by atoms with Crippen molar-refractivity contribution in [2.24, 2.45) is 0 Å². The standard InChI is InChI=1S/C16H20ClNO2/c1-12-8-7-10-13(14(12)17)9-5-6-11-18-15(19)20-16(2,3)4/h7-8,10H,6,11H2,1-4H3,(H,18,19). The second kappa shape index (κ2) is 7.21. The van der Waals surface area contributed by atoms with Gasteiger partial charge in [0, 0.05) is 18.5 Å². The summed E-state index contributed by atoms with van der Waals surface area (Å²) < 4.78 is 5.12. The number of amides is 1. The van der Waals surface area contributed by atoms with Crippen molar-refractivity contribution >= 4 is 17.7 Å². The third kappa shape index (κ3) is 5.99. The van der Waals surface area contributed by atoms with E-state index in [4.69, 9.17) is 16.3 Å². The van der Waals surface area contributed by atoms with Crippen LogP contribution in [0.25, 0.3) is 0 Å². The molecule has 0 unspecified atom stereocenters. The maximum atomic E-state index is 11.4. The van der Waals surface area contributed by atoms with Crippen molar-refractivity contribution in [3.63, 3.8) is 0 Å². The van der Waals surface area contributed by atoms with Crippen molar-refractivity contribution < 1.29 is 9.53 Å². The highest BCUT2D eigenvalue weighted by Crippen LogP contribution is 2.18. The Kier molecular flexibility index (Phi) is 5.91. The lowest BCUT2D eigenvalue weighted by Crippen LogP contribution is -2.32. The lowest BCUT2D eigenvalue weighted by molar-refractivity contribution is 0.0529. The zero-order chi connectivity index (χ0) is 15.2. The van der Waals surface area contributed by atoms with Crippen LogP contribution >= 0.6 is 11.6 Å². The van der Waals surface area contributed by atoms with Crippen LogP contribution in [0.3, 0.4) is 0 Å². The summed E-state index contributed by atoms with van der Waals surface area (Å²) in [5.74, 6) is 5.98. The van der Waals surface area contributed by atoms with Gasteiger partial charge in [0.05, 0.1) is 5.02 Å². The van der Waals surface area contributed by atoms with Gasteiger partial charge in [0.15, 0.2) is 0 Å². The summed E-state index contributed by atoms with van der Waals surface area (Å²) in [5.41, 5.74) is 1.33. The number of carbonyl (C=O) groups excluding carboxylic acids is 1. The normalized spacial score (nSPS) is 10.4. The fraction of sp³-hybridized carbons (Fsp3) is 0.438. The number of halogens is 1. The first-order chi connectivity index (χ1) is 9.29. The quantitative estimate of drug-likeness (QED) is 0.663. The second-order valence-electron chi connectivity index (χ2n) is 5.42. The molecule has 0 fully saturated rings. The van der Waals surface area contributed by atoms with Gasteiger partial charge in [-0.15, -0.1) is 0 Å². The molecule has 0 saturated heterocycles. The first-order valence-corrected chi connectivity index (χ1v) is 6.88. The van der Waals surface area contributed by atoms with Crippen molar-refractivity contribution in [2.45, 2.75) is 39.7 Å². The van der Waals surface area contributed by atoms with Gasteiger partial charge in [0.25, 0.3) is 0 Å². The average Bonchev–Trinajstić information content (AvgIpc) is 2.31. The maximum absolute atomic E-state index is 11.4. The monoisotopic (exact) mass is 293 g/mol. The third-order valence-corrected chi connectivity index (χ3v) is 2.83. The Balaban J connectivity index is 2.41. The van der Waals surface area contributed by atoms with Crippen LogP contribution in [0.4, 0.5) is 4.79 Å². The van der Waals surface area contributed by atoms with E-state index in [1.54, 1.807) is 0 Å². The number of aryl methyl sites for hydroxylation is 1. The summed E-state index contributed by atoms with van der Waals surface area (Å²) in [6.45, 7) is 7.87. The largest absolute Gasteiger partial charge is 0.444 e. The predicted molar refractivity (Wildman–Crippen MR) is 81.9 cm³/mol. The summed E-state index contributed by atoms with van der Waals surface area (Å²) in [6, 6.07) is 5.74. The number of nitrogens with one attached hydrogen (secondary N) is 1. The van der Waals surface area contributed by atoms with E-state index in [0.717, 1.165) is 11.1 Å². The Hall–Kier alpha value is -1.66. The molecule has 0 aromatic heterocycles. The van der Waals surface area contributed by atoms with Gasteiger partial charge in [-0.3, -0.25) is 0 Å². The van der Waals surface area contributed by atoms with Crippen LogP contribution in [0, 0.1) is 18.8 Å². The van der Waals surface area contributed by atoms with E-state index in [9.17, 15) is 4.79 Å². The Bertz CT molecular complexity index is 536. The van der Waals surface area contributed by atoms with Crippen LogP contribution < -0.4 is 5.32 Å². The molecule has 1 aromatic rings. The van der Waals surface area contributed by atoms with Crippen LogP contribution in [0.15, 0.2) is 18.2 Å². The van der Waals surface area contributed by atoms with E-state index < -0.39 is 11.7 Å². The molecule has 1 amide bonds. The lowest BCUT2D eigenvalue weighted by Gasteiger charge is -2.19. The van der Waals surface area contributed by atoms with Crippen molar-refractivity contribution in [1.82, 2.24) is 5.32 Å². The van der Waals surface area contributed by atoms with Crippen LogP contribution in [-0.2, 0) is 4.74 Å². The number of benzene rings is 1. The number of rotatable bonds is 2. The maximum Gasteiger partial charge on any atom is 0.407 e. The smallest absolute Gasteiger partial charge is 0.407 e. The van der Waals surface area contributed by atoms with E-state index in [0.29, 0.717) is 18.0 Å². The molecule has 0 atom stereocenters. The topological polar surface area (TPSA) is 38.3 Å². The SMILES string of the molecule is Cc1cccc(C#CCCNC(=O)OC(C)(C)C)c1Cl. The van der Waals surface area contributed by atoms with E-state index >= 15 is 0 Å². The molecule has 0 spiro atoms. The van der Waals surface area contributed by atoms with Crippen LogP contribution in [0.1, 0.15) is 38.3 Å². The third-order valence-electron chi connectivity index (χ3n) is 2.33. The van der Waals surface area contributed by atoms with Gasteiger partial charge >= 0.3 is 6.09 Å². The predicted octanol–water partition coefficient (Wildman–Crippen LogP) is 3.91. The zero-order valence-electron chi connectivity index (χ0n) is 12.3. The minimum atomic E-state index is -0.481. The van der Waals surface area contributed by atoms with Gasteiger partial charge < -0.3 is 10.1 Å². The van der Waals surface area contributed by atoms with Crippen molar-refractivity contribution in [1.29, 1.82) is 0 Å². The first-order valence-electron chi connectivity index (χ1n) is 6.50. The van der Waals surface area contributed by atoms with Gasteiger partial charge in [-0.05, 0) is 39.3 Å². The molecule has 0 aliphatic heterocycles. The highest BCUT2D eigenvalue weighted by Gasteiger charge is 2.15. The van der Waals surface area contributed by atoms with Gasteiger partial charge in [-0.25, -0.2) is 4.79 Å². The van der Waals surface area contributed by atoms with Crippen molar-refractivity contribution in [3.05, 3.63) is 34.3 Å². The fourth-order valence-corrected chi connectivity index (χ4v) is 1.62. The van der Waals surface area contributed by atoms with Crippen molar-refractivity contribution in [3.8, 4) is 11.8 Å². The zero-order valence-corrected chi connectivity index (χ0v) is 13.1. The fourth-order valence-electron chi connectivity index (χ4n) is 1.44. The highest BCUT2D eigenvalue weighted by atomic mass is 35.5. The first kappa shape index (κ1) is 16.4. The summed E-state index contributed by atoms with van der Waals surface area (Å²) in [4.78, 5) is 11.4. The minimum Gasteiger partial charge on any atom is -0.444 e. The Labute approximate surface area is 125 Å². The number of hydrogen-bond donors (Lipinski definition) is 1. The average molecular weight is 294 g/mol. The van der Waals surface area contributed by atoms with E-state index in [-0.39, 0.29) is 0 Å². The summed E-state index contributed by atoms with van der Waals surface area (Å²) in [7, 11) is 0. The number of alkyl carbamates (subject to hydrolysis) is 1. The lowest BCUT2D eigenvalue weighted by atomic mass is 10.1. The molecule has 0 aliphatic carbocycles. The van der Waals surface area contributed by atoms with Gasteiger partial charge in [-0.1, -0.05) is 35.6 Å². The van der Waals surface area contributed by atoms with Crippen LogP contribution in [0.5, 0.6) is 0 Å². The number of hydrogen-bond acceptors (Lipinski definition) is 2. The molecule has 0 saturated carbocycles. The Morgan fingerprint density at radius 2 is 2.10 bits per heavy atom. The molecule has 108 valence electrons. The summed E-state index contributed by atoms with van der Waals surface area (Å²) >= 11 is 6.14.